The normalized spacial score (nSPS) is 18.3. The van der Waals surface area contributed by atoms with Crippen molar-refractivity contribution in [3.05, 3.63) is 68.2 Å². The lowest BCUT2D eigenvalue weighted by atomic mass is 9.97. The molecule has 200 valence electrons. The zero-order valence-corrected chi connectivity index (χ0v) is 22.0. The van der Waals surface area contributed by atoms with Gasteiger partial charge in [-0.2, -0.15) is 18.2 Å². The van der Waals surface area contributed by atoms with Crippen molar-refractivity contribution in [2.45, 2.75) is 37.5 Å². The topological polar surface area (TPSA) is 89.8 Å². The van der Waals surface area contributed by atoms with Crippen LogP contribution in [0.3, 0.4) is 0 Å². The Hall–Kier alpha value is -3.13. The molecule has 0 bridgehead atoms. The van der Waals surface area contributed by atoms with Crippen molar-refractivity contribution < 1.29 is 31.9 Å². The predicted octanol–water partition coefficient (Wildman–Crippen LogP) is 5.50. The zero-order chi connectivity index (χ0) is 26.9. The lowest BCUT2D eigenvalue weighted by Gasteiger charge is -2.31. The molecule has 8 nitrogen and oxygen atoms in total. The van der Waals surface area contributed by atoms with E-state index in [4.69, 9.17) is 14.6 Å². The second-order valence-corrected chi connectivity index (χ2v) is 10.4. The first-order chi connectivity index (χ1) is 18.2. The average molecular weight is 614 g/mol. The van der Waals surface area contributed by atoms with Gasteiger partial charge in [0.15, 0.2) is 12.7 Å². The molecule has 0 spiro atoms. The van der Waals surface area contributed by atoms with Crippen LogP contribution < -0.4 is 4.74 Å². The van der Waals surface area contributed by atoms with Gasteiger partial charge >= 0.3 is 6.18 Å². The van der Waals surface area contributed by atoms with Crippen LogP contribution in [0.1, 0.15) is 53.4 Å². The van der Waals surface area contributed by atoms with Crippen molar-refractivity contribution in [1.29, 1.82) is 0 Å². The molecule has 4 heterocycles. The number of carbonyl (C=O) groups excluding carboxylic acids is 1. The van der Waals surface area contributed by atoms with Gasteiger partial charge in [0.2, 0.25) is 11.7 Å². The van der Waals surface area contributed by atoms with Crippen LogP contribution in [0.4, 0.5) is 17.6 Å². The Morgan fingerprint density at radius 1 is 1.21 bits per heavy atom. The lowest BCUT2D eigenvalue weighted by molar-refractivity contribution is -0.145. The molecule has 3 aromatic rings. The Labute approximate surface area is 226 Å². The van der Waals surface area contributed by atoms with E-state index in [1.807, 2.05) is 5.38 Å². The molecule has 0 radical (unpaired) electrons. The molecule has 0 saturated carbocycles. The highest BCUT2D eigenvalue weighted by Gasteiger charge is 2.35. The highest BCUT2D eigenvalue weighted by Crippen LogP contribution is 2.37. The van der Waals surface area contributed by atoms with E-state index in [-0.39, 0.29) is 23.5 Å². The first-order valence-corrected chi connectivity index (χ1v) is 13.3. The molecule has 1 saturated heterocycles. The minimum Gasteiger partial charge on any atom is -0.467 e. The molecule has 38 heavy (non-hydrogen) atoms. The monoisotopic (exact) mass is 613 g/mol. The number of carbonyl (C=O) groups is 1. The maximum atomic E-state index is 14.3. The number of ether oxygens (including phenoxy) is 1. The van der Waals surface area contributed by atoms with Gasteiger partial charge in [-0.05, 0) is 25.0 Å². The van der Waals surface area contributed by atoms with Crippen molar-refractivity contribution >= 4 is 38.9 Å². The summed E-state index contributed by atoms with van der Waals surface area (Å²) in [5, 5.41) is 6.96. The number of rotatable bonds is 6. The van der Waals surface area contributed by atoms with E-state index in [0.717, 1.165) is 11.2 Å². The number of alkyl halides is 3. The van der Waals surface area contributed by atoms with Gasteiger partial charge < -0.3 is 14.5 Å². The maximum Gasteiger partial charge on any atom is 0.451 e. The van der Waals surface area contributed by atoms with Crippen LogP contribution in [0.15, 0.2) is 45.5 Å². The molecular formula is C24H20BrF4N5O3S. The van der Waals surface area contributed by atoms with Crippen molar-refractivity contribution in [2.24, 2.45) is 5.16 Å². The fraction of sp³-hybridized carbons (Fsp3) is 0.375. The van der Waals surface area contributed by atoms with Crippen LogP contribution in [-0.2, 0) is 15.8 Å². The second kappa shape index (κ2) is 10.9. The van der Waals surface area contributed by atoms with Crippen molar-refractivity contribution in [3.63, 3.8) is 0 Å². The van der Waals surface area contributed by atoms with Crippen molar-refractivity contribution in [2.75, 3.05) is 19.7 Å². The van der Waals surface area contributed by atoms with E-state index in [2.05, 4.69) is 31.1 Å². The number of aromatic nitrogens is 3. The molecule has 1 unspecified atom stereocenters. The Balaban J connectivity index is 1.13. The van der Waals surface area contributed by atoms with E-state index >= 15 is 0 Å². The molecule has 0 aliphatic carbocycles. The third kappa shape index (κ3) is 5.80. The third-order valence-electron chi connectivity index (χ3n) is 6.23. The fourth-order valence-corrected chi connectivity index (χ4v) is 5.87. The van der Waals surface area contributed by atoms with Gasteiger partial charge in [-0.15, -0.1) is 11.3 Å². The highest BCUT2D eigenvalue weighted by molar-refractivity contribution is 9.10. The van der Waals surface area contributed by atoms with E-state index in [9.17, 15) is 22.4 Å². The Morgan fingerprint density at radius 3 is 2.74 bits per heavy atom. The minimum absolute atomic E-state index is 0.148. The van der Waals surface area contributed by atoms with Gasteiger partial charge in [0.25, 0.3) is 5.91 Å². The van der Waals surface area contributed by atoms with Gasteiger partial charge in [0.1, 0.15) is 11.5 Å². The molecule has 0 N–H and O–H groups in total. The number of piperidine rings is 1. The van der Waals surface area contributed by atoms with E-state index in [0.29, 0.717) is 53.8 Å². The standard InChI is InChI=1S/C24H20BrF4N5O3S/c25-14-2-1-3-15(26)21(14)18-10-16(33-37-18)17-12-38-22(31-17)13-5-8-34(9-6-13)20(35)11-36-19-4-7-30-23(32-19)24(27,28)29/h1-4,7,12-13,18H,5-6,8-11H2. The summed E-state index contributed by atoms with van der Waals surface area (Å²) >= 11 is 4.87. The number of amides is 1. The Bertz CT molecular complexity index is 1340. The Kier molecular flexibility index (Phi) is 7.61. The largest absolute Gasteiger partial charge is 0.467 e. The van der Waals surface area contributed by atoms with Crippen molar-refractivity contribution in [3.8, 4) is 5.88 Å². The van der Waals surface area contributed by atoms with Crippen LogP contribution in [0.25, 0.3) is 0 Å². The second-order valence-electron chi connectivity index (χ2n) is 8.70. The molecule has 5 rings (SSSR count). The van der Waals surface area contributed by atoms with E-state index in [1.54, 1.807) is 17.0 Å². The number of benzene rings is 1. The van der Waals surface area contributed by atoms with Crippen LogP contribution in [0.5, 0.6) is 5.88 Å². The summed E-state index contributed by atoms with van der Waals surface area (Å²) in [6.07, 6.45) is -2.55. The molecule has 14 heteroatoms. The summed E-state index contributed by atoms with van der Waals surface area (Å²) < 4.78 is 58.4. The summed E-state index contributed by atoms with van der Waals surface area (Å²) in [5.41, 5.74) is 1.76. The molecule has 1 amide bonds. The van der Waals surface area contributed by atoms with Gasteiger partial charge in [-0.3, -0.25) is 4.79 Å². The number of hydrogen-bond acceptors (Lipinski definition) is 8. The van der Waals surface area contributed by atoms with E-state index in [1.165, 1.54) is 23.5 Å². The van der Waals surface area contributed by atoms with Crippen LogP contribution >= 0.6 is 27.3 Å². The summed E-state index contributed by atoms with van der Waals surface area (Å²) in [6, 6.07) is 5.92. The number of likely N-dealkylation sites (tertiary alicyclic amines) is 1. The zero-order valence-electron chi connectivity index (χ0n) is 19.6. The predicted molar refractivity (Wildman–Crippen MR) is 132 cm³/mol. The fourth-order valence-electron chi connectivity index (χ4n) is 4.27. The first-order valence-electron chi connectivity index (χ1n) is 11.6. The third-order valence-corrected chi connectivity index (χ3v) is 7.93. The molecule has 1 atom stereocenters. The Morgan fingerprint density at radius 2 is 2.00 bits per heavy atom. The number of halogens is 5. The minimum atomic E-state index is -4.70. The molecule has 2 aromatic heterocycles. The summed E-state index contributed by atoms with van der Waals surface area (Å²) in [5.74, 6) is -2.19. The molecule has 1 fully saturated rings. The number of oxime groups is 1. The van der Waals surface area contributed by atoms with Gasteiger partial charge in [0, 0.05) is 53.1 Å². The molecule has 1 aromatic carbocycles. The summed E-state index contributed by atoms with van der Waals surface area (Å²) in [4.78, 5) is 30.9. The van der Waals surface area contributed by atoms with Gasteiger partial charge in [0.05, 0.1) is 10.7 Å². The number of hydrogen-bond donors (Lipinski definition) is 0. The van der Waals surface area contributed by atoms with Crippen LogP contribution in [-0.4, -0.2) is 51.2 Å². The molecular weight excluding hydrogens is 594 g/mol. The summed E-state index contributed by atoms with van der Waals surface area (Å²) in [7, 11) is 0. The first kappa shape index (κ1) is 26.5. The van der Waals surface area contributed by atoms with Gasteiger partial charge in [-0.1, -0.05) is 27.2 Å². The average Bonchev–Trinajstić information content (AvgIpc) is 3.57. The maximum absolute atomic E-state index is 14.3. The van der Waals surface area contributed by atoms with Gasteiger partial charge in [-0.25, -0.2) is 14.4 Å². The number of nitrogens with zero attached hydrogens (tertiary/aromatic N) is 5. The summed E-state index contributed by atoms with van der Waals surface area (Å²) in [6.45, 7) is 0.513. The lowest BCUT2D eigenvalue weighted by Crippen LogP contribution is -2.40. The van der Waals surface area contributed by atoms with Crippen LogP contribution in [0.2, 0.25) is 0 Å². The molecule has 2 aliphatic rings. The molecule has 2 aliphatic heterocycles. The van der Waals surface area contributed by atoms with E-state index < -0.39 is 24.7 Å². The van der Waals surface area contributed by atoms with Crippen molar-refractivity contribution in [1.82, 2.24) is 19.9 Å². The number of thiazole rings is 1. The smallest absolute Gasteiger partial charge is 0.451 e. The quantitative estimate of drug-likeness (QED) is 0.341. The highest BCUT2D eigenvalue weighted by atomic mass is 79.9. The van der Waals surface area contributed by atoms with Crippen LogP contribution in [0, 0.1) is 5.82 Å². The SMILES string of the molecule is O=C(COc1ccnc(C(F)(F)F)n1)N1CCC(c2nc(C3=NOC(c4c(F)cccc4Br)C3)cs2)CC1.